The highest BCUT2D eigenvalue weighted by molar-refractivity contribution is 7.97. The van der Waals surface area contributed by atoms with E-state index < -0.39 is 47.9 Å². The lowest BCUT2D eigenvalue weighted by molar-refractivity contribution is -0.305. The van der Waals surface area contributed by atoms with Crippen LogP contribution in [0.3, 0.4) is 0 Å². The fourth-order valence-electron chi connectivity index (χ4n) is 3.42. The van der Waals surface area contributed by atoms with Gasteiger partial charge in [-0.25, -0.2) is 9.59 Å². The largest absolute Gasteiger partial charge is 0.547 e. The van der Waals surface area contributed by atoms with Gasteiger partial charge in [0.15, 0.2) is 0 Å². The molecule has 0 bridgehead atoms. The van der Waals surface area contributed by atoms with Crippen LogP contribution in [0.2, 0.25) is 0 Å². The van der Waals surface area contributed by atoms with E-state index in [-0.39, 0.29) is 14.0 Å². The Morgan fingerprint density at radius 3 is 2.33 bits per heavy atom. The molecule has 13 heteroatoms. The van der Waals surface area contributed by atoms with Crippen molar-refractivity contribution in [3.8, 4) is 0 Å². The minimum atomic E-state index is -1.47. The van der Waals surface area contributed by atoms with E-state index in [0.29, 0.717) is 24.9 Å². The topological polar surface area (TPSA) is 135 Å². The number of benzene rings is 1. The number of hydrogen-bond acceptors (Lipinski definition) is 9. The van der Waals surface area contributed by atoms with Crippen molar-refractivity contribution in [1.29, 1.82) is 0 Å². The van der Waals surface area contributed by atoms with Gasteiger partial charge in [-0.15, -0.1) is 0 Å². The van der Waals surface area contributed by atoms with Gasteiger partial charge in [0.25, 0.3) is 0 Å². The molecule has 0 aromatic heterocycles. The van der Waals surface area contributed by atoms with Crippen molar-refractivity contribution in [3.63, 3.8) is 0 Å². The Morgan fingerprint density at radius 1 is 1.14 bits per heavy atom. The van der Waals surface area contributed by atoms with Crippen LogP contribution in [0.5, 0.6) is 0 Å². The first-order chi connectivity index (χ1) is 16.7. The Bertz CT molecular complexity index is 956. The Kier molecular flexibility index (Phi) is 10.3. The van der Waals surface area contributed by atoms with E-state index in [2.05, 4.69) is 22.4 Å². The molecule has 2 N–H and O–H groups in total. The van der Waals surface area contributed by atoms with Gasteiger partial charge in [0, 0.05) is 13.9 Å². The van der Waals surface area contributed by atoms with Gasteiger partial charge in [0.1, 0.15) is 18.0 Å². The maximum Gasteiger partial charge on any atom is 0.494 e. The highest BCUT2D eigenvalue weighted by Gasteiger charge is 2.54. The van der Waals surface area contributed by atoms with Crippen molar-refractivity contribution in [2.24, 2.45) is 0 Å². The van der Waals surface area contributed by atoms with E-state index in [1.807, 2.05) is 53.7 Å². The fourth-order valence-corrected chi connectivity index (χ4v) is 4.08. The third-order valence-corrected chi connectivity index (χ3v) is 6.93. The van der Waals surface area contributed by atoms with Gasteiger partial charge in [-0.3, -0.25) is 0 Å². The normalized spacial score (nSPS) is 20.0. The van der Waals surface area contributed by atoms with Crippen LogP contribution in [0.15, 0.2) is 24.3 Å². The number of carboxylic acids is 1. The summed E-state index contributed by atoms with van der Waals surface area (Å²) < 4.78 is 22.8. The summed E-state index contributed by atoms with van der Waals surface area (Å²) in [6.07, 6.45) is -0.0122. The van der Waals surface area contributed by atoms with Crippen molar-refractivity contribution in [1.82, 2.24) is 10.6 Å². The van der Waals surface area contributed by atoms with Crippen molar-refractivity contribution >= 4 is 49.9 Å². The number of rotatable bonds is 10. The predicted octanol–water partition coefficient (Wildman–Crippen LogP) is 1.98. The average Bonchev–Trinajstić information content (AvgIpc) is 3.01. The summed E-state index contributed by atoms with van der Waals surface area (Å²) in [5.74, 6) is -2.78. The molecule has 0 aliphatic carbocycles. The lowest BCUT2D eigenvalue weighted by atomic mass is 9.79. The van der Waals surface area contributed by atoms with Gasteiger partial charge in [-0.2, -0.15) is 0 Å². The third-order valence-electron chi connectivity index (χ3n) is 5.75. The van der Waals surface area contributed by atoms with E-state index in [1.165, 1.54) is 0 Å². The number of ether oxygens (including phenoxy) is 2. The van der Waals surface area contributed by atoms with Crippen molar-refractivity contribution in [3.05, 3.63) is 29.8 Å². The van der Waals surface area contributed by atoms with Gasteiger partial charge in [0.2, 0.25) is 0 Å². The van der Waals surface area contributed by atoms with E-state index >= 15 is 0 Å². The summed E-state index contributed by atoms with van der Waals surface area (Å²) >= 11 is 4.64. The van der Waals surface area contributed by atoms with E-state index in [0.717, 1.165) is 5.46 Å². The molecule has 2 rings (SSSR count). The quantitative estimate of drug-likeness (QED) is 0.260. The van der Waals surface area contributed by atoms with Gasteiger partial charge in [-0.05, 0) is 65.4 Å². The number of alkyl carbamates (subject to hydrolysis) is 2. The molecule has 1 fully saturated rings. The molecule has 0 saturated carbocycles. The second-order valence-corrected chi connectivity index (χ2v) is 11.5. The number of nitrogens with one attached hydrogen (secondary N) is 2. The maximum atomic E-state index is 11.8. The standard InChI is InChI=1S/C23H34BN2O8PS/c1-21(2,3)32-19(29)25-13-7-12-23(6)22(4,5)33-24(34-23)16-10-8-15(9-11-16)14-31-20(30)26-17(35-36)18(27)28/h8-11,17H,7,12-14H2,1-6H3,(H,25,29)(H,26,30)(H,27,28)/p-1. The van der Waals surface area contributed by atoms with Gasteiger partial charge in [0.05, 0.1) is 17.2 Å². The molecular formula is C23H33BN2O8PS-. The first kappa shape index (κ1) is 30.0. The first-order valence-corrected chi connectivity index (χ1v) is 13.5. The summed E-state index contributed by atoms with van der Waals surface area (Å²) in [6.45, 7) is 11.8. The molecule has 1 aliphatic rings. The Hall–Kier alpha value is -2.27. The maximum absolute atomic E-state index is 11.8. The third kappa shape index (κ3) is 8.69. The van der Waals surface area contributed by atoms with Crippen LogP contribution in [-0.2, 0) is 42.0 Å². The summed E-state index contributed by atoms with van der Waals surface area (Å²) in [5.41, 5.74) is -0.222. The number of amides is 2. The molecule has 36 heavy (non-hydrogen) atoms. The van der Waals surface area contributed by atoms with Crippen LogP contribution in [0.4, 0.5) is 9.59 Å². The highest BCUT2D eigenvalue weighted by atomic mass is 32.4. The smallest absolute Gasteiger partial charge is 0.494 e. The molecule has 1 heterocycles. The van der Waals surface area contributed by atoms with E-state index in [4.69, 9.17) is 18.8 Å². The first-order valence-electron chi connectivity index (χ1n) is 11.5. The minimum Gasteiger partial charge on any atom is -0.547 e. The summed E-state index contributed by atoms with van der Waals surface area (Å²) in [4.78, 5) is 34.5. The zero-order chi connectivity index (χ0) is 27.1. The van der Waals surface area contributed by atoms with Crippen LogP contribution in [-0.4, -0.2) is 54.4 Å². The van der Waals surface area contributed by atoms with Gasteiger partial charge >= 0.3 is 19.3 Å². The SMILES string of the molecule is CC(C)(C)OC(=O)NCCCC1(C)OB(c2ccc(COC(=O)NC(P=S)C(=O)[O-])cc2)OC1(C)C. The molecule has 2 amide bonds. The Balaban J connectivity index is 1.88. The molecule has 1 saturated heterocycles. The zero-order valence-electron chi connectivity index (χ0n) is 21.4. The molecule has 10 nitrogen and oxygen atoms in total. The fraction of sp³-hybridized carbons (Fsp3) is 0.609. The molecule has 1 aromatic carbocycles. The second-order valence-electron chi connectivity index (χ2n) is 10.1. The van der Waals surface area contributed by atoms with Crippen molar-refractivity contribution in [2.75, 3.05) is 6.54 Å². The van der Waals surface area contributed by atoms with Crippen LogP contribution in [0.25, 0.3) is 0 Å². The number of hydrogen-bond donors (Lipinski definition) is 2. The Morgan fingerprint density at radius 2 is 1.78 bits per heavy atom. The van der Waals surface area contributed by atoms with Crippen LogP contribution >= 0.6 is 7.36 Å². The second kappa shape index (κ2) is 12.3. The van der Waals surface area contributed by atoms with E-state index in [9.17, 15) is 19.5 Å². The molecule has 1 aromatic rings. The van der Waals surface area contributed by atoms with Crippen LogP contribution in [0, 0.1) is 0 Å². The molecule has 2 atom stereocenters. The van der Waals surface area contributed by atoms with Crippen molar-refractivity contribution < 1.29 is 38.3 Å². The minimum absolute atomic E-state index is 0.0239. The van der Waals surface area contributed by atoms with Gasteiger partial charge < -0.3 is 39.3 Å². The zero-order valence-corrected chi connectivity index (χ0v) is 23.1. The molecule has 0 spiro atoms. The molecule has 2 unspecified atom stereocenters. The number of carboxylic acid groups (broad SMARTS) is 1. The van der Waals surface area contributed by atoms with E-state index in [1.54, 1.807) is 12.1 Å². The monoisotopic (exact) mass is 539 g/mol. The van der Waals surface area contributed by atoms with Crippen LogP contribution in [0.1, 0.15) is 59.9 Å². The summed E-state index contributed by atoms with van der Waals surface area (Å²) in [6, 6.07) is 7.17. The van der Waals surface area contributed by atoms with Crippen LogP contribution < -0.4 is 21.2 Å². The number of aliphatic carboxylic acids is 1. The molecule has 1 aliphatic heterocycles. The van der Waals surface area contributed by atoms with Crippen molar-refractivity contribution in [2.45, 2.75) is 83.6 Å². The molecule has 198 valence electrons. The Labute approximate surface area is 218 Å². The summed E-state index contributed by atoms with van der Waals surface area (Å²) in [5, 5.41) is 15.7. The molecule has 0 radical (unpaired) electrons. The average molecular weight is 539 g/mol. The predicted molar refractivity (Wildman–Crippen MR) is 136 cm³/mol. The lowest BCUT2D eigenvalue weighted by Crippen LogP contribution is -2.45. The highest BCUT2D eigenvalue weighted by Crippen LogP contribution is 2.40. The molecular weight excluding hydrogens is 506 g/mol. The lowest BCUT2D eigenvalue weighted by Gasteiger charge is -2.36. The summed E-state index contributed by atoms with van der Waals surface area (Å²) in [7, 11) is -0.562. The number of carbonyl (C=O) groups excluding carboxylic acids is 3. The van der Waals surface area contributed by atoms with Gasteiger partial charge in [-0.1, -0.05) is 36.1 Å². The number of carbonyl (C=O) groups is 3.